The van der Waals surface area contributed by atoms with Crippen molar-refractivity contribution in [3.63, 3.8) is 0 Å². The van der Waals surface area contributed by atoms with E-state index < -0.39 is 5.92 Å². The third kappa shape index (κ3) is 5.57. The number of amides is 2. The van der Waals surface area contributed by atoms with Crippen molar-refractivity contribution < 1.29 is 14.4 Å². The van der Waals surface area contributed by atoms with Gasteiger partial charge in [0.05, 0.1) is 5.69 Å². The SMILES string of the molecule is CN1CCN(c2ccc(N=CC3C(=O)Nc4cc(C(=O)c5cccc(NC(=O)c6nccn6C)c5)ccc43)cc2)CC1. The monoisotopic (exact) mass is 561 g/mol. The minimum atomic E-state index is -0.550. The molecule has 2 aliphatic rings. The van der Waals surface area contributed by atoms with Gasteiger partial charge in [-0.1, -0.05) is 24.3 Å². The number of hydrogen-bond donors (Lipinski definition) is 2. The molecule has 4 aromatic rings. The molecule has 212 valence electrons. The lowest BCUT2D eigenvalue weighted by Gasteiger charge is -2.34. The number of benzene rings is 3. The van der Waals surface area contributed by atoms with Crippen molar-refractivity contribution >= 4 is 46.6 Å². The second-order valence-corrected chi connectivity index (χ2v) is 10.6. The van der Waals surface area contributed by atoms with Gasteiger partial charge in [-0.3, -0.25) is 19.4 Å². The van der Waals surface area contributed by atoms with E-state index in [4.69, 9.17) is 0 Å². The molecular weight excluding hydrogens is 530 g/mol. The molecule has 3 aromatic carbocycles. The molecule has 0 saturated carbocycles. The van der Waals surface area contributed by atoms with E-state index in [1.54, 1.807) is 72.7 Å². The lowest BCUT2D eigenvalue weighted by atomic mass is 9.97. The highest BCUT2D eigenvalue weighted by molar-refractivity contribution is 6.15. The predicted octanol–water partition coefficient (Wildman–Crippen LogP) is 4.09. The van der Waals surface area contributed by atoms with Crippen molar-refractivity contribution in [1.29, 1.82) is 0 Å². The van der Waals surface area contributed by atoms with Crippen LogP contribution in [0, 0.1) is 0 Å². The fourth-order valence-electron chi connectivity index (χ4n) is 5.23. The van der Waals surface area contributed by atoms with Crippen molar-refractivity contribution in [2.24, 2.45) is 12.0 Å². The van der Waals surface area contributed by atoms with E-state index >= 15 is 0 Å². The van der Waals surface area contributed by atoms with E-state index in [2.05, 4.69) is 49.6 Å². The molecular formula is C32H31N7O3. The van der Waals surface area contributed by atoms with Crippen LogP contribution < -0.4 is 15.5 Å². The third-order valence-electron chi connectivity index (χ3n) is 7.69. The molecule has 10 heteroatoms. The zero-order chi connectivity index (χ0) is 29.2. The maximum atomic E-state index is 13.3. The number of piperazine rings is 1. The predicted molar refractivity (Wildman–Crippen MR) is 163 cm³/mol. The number of aryl methyl sites for hydroxylation is 1. The fourth-order valence-corrected chi connectivity index (χ4v) is 5.23. The molecule has 0 aliphatic carbocycles. The normalized spacial score (nSPS) is 16.9. The van der Waals surface area contributed by atoms with Crippen LogP contribution in [0.15, 0.2) is 84.1 Å². The highest BCUT2D eigenvalue weighted by Crippen LogP contribution is 2.33. The van der Waals surface area contributed by atoms with Gasteiger partial charge in [0.25, 0.3) is 5.91 Å². The molecule has 0 spiro atoms. The second-order valence-electron chi connectivity index (χ2n) is 10.6. The van der Waals surface area contributed by atoms with Crippen molar-refractivity contribution in [1.82, 2.24) is 14.5 Å². The summed E-state index contributed by atoms with van der Waals surface area (Å²) in [4.78, 5) is 52.0. The Hall–Kier alpha value is -5.09. The number of carbonyl (C=O) groups excluding carboxylic acids is 3. The van der Waals surface area contributed by atoms with E-state index in [9.17, 15) is 14.4 Å². The number of anilines is 3. The van der Waals surface area contributed by atoms with E-state index in [0.29, 0.717) is 22.5 Å². The summed E-state index contributed by atoms with van der Waals surface area (Å²) in [5.41, 5.74) is 4.63. The number of nitrogens with zero attached hydrogens (tertiary/aromatic N) is 5. The zero-order valence-corrected chi connectivity index (χ0v) is 23.4. The number of carbonyl (C=O) groups is 3. The molecule has 1 unspecified atom stereocenters. The Balaban J connectivity index is 1.14. The lowest BCUT2D eigenvalue weighted by molar-refractivity contribution is -0.115. The summed E-state index contributed by atoms with van der Waals surface area (Å²) >= 11 is 0. The van der Waals surface area contributed by atoms with Gasteiger partial charge in [0, 0.05) is 80.0 Å². The summed E-state index contributed by atoms with van der Waals surface area (Å²) in [6, 6.07) is 20.0. The number of aromatic nitrogens is 2. The zero-order valence-electron chi connectivity index (χ0n) is 23.4. The van der Waals surface area contributed by atoms with Gasteiger partial charge in [0.1, 0.15) is 5.92 Å². The quantitative estimate of drug-likeness (QED) is 0.260. The number of fused-ring (bicyclic) bond motifs is 1. The molecule has 2 aliphatic heterocycles. The topological polar surface area (TPSA) is 112 Å². The summed E-state index contributed by atoms with van der Waals surface area (Å²) < 4.78 is 1.62. The first-order chi connectivity index (χ1) is 20.4. The summed E-state index contributed by atoms with van der Waals surface area (Å²) in [6.07, 6.45) is 4.88. The largest absolute Gasteiger partial charge is 0.369 e. The maximum Gasteiger partial charge on any atom is 0.291 e. The van der Waals surface area contributed by atoms with Crippen LogP contribution in [0.5, 0.6) is 0 Å². The van der Waals surface area contributed by atoms with Crippen LogP contribution >= 0.6 is 0 Å². The first-order valence-corrected chi connectivity index (χ1v) is 13.8. The Kier molecular flexibility index (Phi) is 7.37. The number of aliphatic imine (C=N–C) groups is 1. The van der Waals surface area contributed by atoms with E-state index in [1.807, 2.05) is 12.1 Å². The maximum absolute atomic E-state index is 13.3. The van der Waals surface area contributed by atoms with Gasteiger partial charge in [0.2, 0.25) is 5.91 Å². The number of ketones is 1. The summed E-state index contributed by atoms with van der Waals surface area (Å²) in [5.74, 6) is -1.07. The van der Waals surface area contributed by atoms with Gasteiger partial charge < -0.3 is 25.0 Å². The smallest absolute Gasteiger partial charge is 0.291 e. The molecule has 1 saturated heterocycles. The molecule has 3 heterocycles. The van der Waals surface area contributed by atoms with Gasteiger partial charge in [-0.25, -0.2) is 4.98 Å². The first kappa shape index (κ1) is 27.1. The van der Waals surface area contributed by atoms with Gasteiger partial charge in [-0.05, 0) is 55.1 Å². The molecule has 10 nitrogen and oxygen atoms in total. The number of hydrogen-bond acceptors (Lipinski definition) is 7. The lowest BCUT2D eigenvalue weighted by Crippen LogP contribution is -2.44. The van der Waals surface area contributed by atoms with Crippen LogP contribution in [0.3, 0.4) is 0 Å². The van der Waals surface area contributed by atoms with Gasteiger partial charge in [0.15, 0.2) is 11.6 Å². The number of nitrogens with one attached hydrogen (secondary N) is 2. The van der Waals surface area contributed by atoms with Crippen LogP contribution in [0.2, 0.25) is 0 Å². The summed E-state index contributed by atoms with van der Waals surface area (Å²) in [6.45, 7) is 4.08. The van der Waals surface area contributed by atoms with Gasteiger partial charge >= 0.3 is 0 Å². The molecule has 6 rings (SSSR count). The highest BCUT2D eigenvalue weighted by Gasteiger charge is 2.30. The Morgan fingerprint density at radius 3 is 2.48 bits per heavy atom. The van der Waals surface area contributed by atoms with Crippen molar-refractivity contribution in [2.75, 3.05) is 48.8 Å². The fraction of sp³-hybridized carbons (Fsp3) is 0.219. The van der Waals surface area contributed by atoms with E-state index in [0.717, 1.165) is 37.4 Å². The Morgan fingerprint density at radius 1 is 0.976 bits per heavy atom. The standard InChI is InChI=1S/C32H31N7O3/c1-37-14-16-39(17-15-37)25-9-7-23(8-10-25)34-20-27-26-11-6-22(19-28(26)36-31(27)41)29(40)21-4-3-5-24(18-21)35-32(42)30-33-12-13-38(30)2/h3-13,18-20,27H,14-17H2,1-2H3,(H,35,42)(H,36,41). The van der Waals surface area contributed by atoms with Crippen molar-refractivity contribution in [3.8, 4) is 0 Å². The molecule has 1 aromatic heterocycles. The molecule has 42 heavy (non-hydrogen) atoms. The molecule has 2 amide bonds. The van der Waals surface area contributed by atoms with Gasteiger partial charge in [-0.2, -0.15) is 0 Å². The first-order valence-electron chi connectivity index (χ1n) is 13.8. The minimum absolute atomic E-state index is 0.189. The van der Waals surface area contributed by atoms with Crippen LogP contribution in [0.1, 0.15) is 38.0 Å². The van der Waals surface area contributed by atoms with Crippen LogP contribution in [-0.2, 0) is 11.8 Å². The van der Waals surface area contributed by atoms with Gasteiger partial charge in [-0.15, -0.1) is 0 Å². The summed E-state index contributed by atoms with van der Waals surface area (Å²) in [5, 5.41) is 5.67. The van der Waals surface area contributed by atoms with E-state index in [-0.39, 0.29) is 23.4 Å². The van der Waals surface area contributed by atoms with Crippen molar-refractivity contribution in [2.45, 2.75) is 5.92 Å². The van der Waals surface area contributed by atoms with Crippen LogP contribution in [0.4, 0.5) is 22.7 Å². The number of imidazole rings is 1. The molecule has 1 fully saturated rings. The van der Waals surface area contributed by atoms with Crippen LogP contribution in [0.25, 0.3) is 0 Å². The third-order valence-corrected chi connectivity index (χ3v) is 7.69. The Labute approximate surface area is 243 Å². The molecule has 1 atom stereocenters. The van der Waals surface area contributed by atoms with E-state index in [1.165, 1.54) is 5.69 Å². The average Bonchev–Trinajstić information content (AvgIpc) is 3.57. The number of likely N-dealkylation sites (N-methyl/N-ethyl adjacent to an activating group) is 1. The minimum Gasteiger partial charge on any atom is -0.369 e. The highest BCUT2D eigenvalue weighted by atomic mass is 16.2. The van der Waals surface area contributed by atoms with Crippen molar-refractivity contribution in [3.05, 3.63) is 102 Å². The van der Waals surface area contributed by atoms with Crippen LogP contribution in [-0.4, -0.2) is 71.5 Å². The second kappa shape index (κ2) is 11.4. The molecule has 2 N–H and O–H groups in total. The Bertz CT molecular complexity index is 1680. The number of rotatable bonds is 7. The molecule has 0 bridgehead atoms. The summed E-state index contributed by atoms with van der Waals surface area (Å²) in [7, 11) is 3.87. The average molecular weight is 562 g/mol. The Morgan fingerprint density at radius 2 is 1.74 bits per heavy atom. The molecule has 0 radical (unpaired) electrons.